The van der Waals surface area contributed by atoms with Gasteiger partial charge in [-0.3, -0.25) is 4.79 Å². The highest BCUT2D eigenvalue weighted by Crippen LogP contribution is 2.14. The molecule has 2 aromatic heterocycles. The molecule has 0 aliphatic heterocycles. The van der Waals surface area contributed by atoms with Gasteiger partial charge in [0.2, 0.25) is 0 Å². The standard InChI is InChI=1S/C12H18N6O/c1-4-9(11-15-7-16-18(11)5-2)17-12(19)10-8(3)13-6-14-10/h6-7,9H,4-5H2,1-3H3,(H,13,14)(H,17,19). The molecule has 0 fully saturated rings. The van der Waals surface area contributed by atoms with Gasteiger partial charge >= 0.3 is 0 Å². The fourth-order valence-corrected chi connectivity index (χ4v) is 1.95. The molecule has 1 atom stereocenters. The van der Waals surface area contributed by atoms with Crippen molar-refractivity contribution in [2.24, 2.45) is 0 Å². The van der Waals surface area contributed by atoms with E-state index in [0.29, 0.717) is 5.69 Å². The Morgan fingerprint density at radius 2 is 2.26 bits per heavy atom. The molecule has 2 heterocycles. The van der Waals surface area contributed by atoms with Crippen LogP contribution < -0.4 is 5.32 Å². The van der Waals surface area contributed by atoms with E-state index in [-0.39, 0.29) is 11.9 Å². The molecule has 1 amide bonds. The van der Waals surface area contributed by atoms with Gasteiger partial charge in [-0.1, -0.05) is 6.92 Å². The van der Waals surface area contributed by atoms with Crippen LogP contribution in [0.2, 0.25) is 0 Å². The highest BCUT2D eigenvalue weighted by molar-refractivity contribution is 5.93. The summed E-state index contributed by atoms with van der Waals surface area (Å²) in [5, 5.41) is 7.07. The zero-order valence-electron chi connectivity index (χ0n) is 11.3. The zero-order chi connectivity index (χ0) is 13.8. The van der Waals surface area contributed by atoms with E-state index in [4.69, 9.17) is 0 Å². The number of hydrogen-bond donors (Lipinski definition) is 2. The van der Waals surface area contributed by atoms with Crippen LogP contribution in [0.15, 0.2) is 12.7 Å². The number of H-pyrrole nitrogens is 1. The number of nitrogens with zero attached hydrogens (tertiary/aromatic N) is 4. The summed E-state index contributed by atoms with van der Waals surface area (Å²) in [6, 6.07) is -0.161. The van der Waals surface area contributed by atoms with Gasteiger partial charge in [-0.15, -0.1) is 0 Å². The minimum Gasteiger partial charge on any atom is -0.348 e. The van der Waals surface area contributed by atoms with Gasteiger partial charge in [0.15, 0.2) is 0 Å². The summed E-state index contributed by atoms with van der Waals surface area (Å²) in [6.45, 7) is 6.53. The number of amides is 1. The number of imidazole rings is 1. The van der Waals surface area contributed by atoms with Crippen molar-refractivity contribution in [3.05, 3.63) is 29.9 Å². The second-order valence-electron chi connectivity index (χ2n) is 4.24. The molecule has 0 spiro atoms. The molecule has 2 aromatic rings. The number of hydrogen-bond acceptors (Lipinski definition) is 4. The number of aromatic amines is 1. The van der Waals surface area contributed by atoms with Crippen molar-refractivity contribution in [1.29, 1.82) is 0 Å². The first kappa shape index (κ1) is 13.3. The van der Waals surface area contributed by atoms with Crippen molar-refractivity contribution < 1.29 is 4.79 Å². The average Bonchev–Trinajstić information content (AvgIpc) is 3.03. The first-order valence-electron chi connectivity index (χ1n) is 6.35. The molecule has 1 unspecified atom stereocenters. The summed E-state index contributed by atoms with van der Waals surface area (Å²) in [6.07, 6.45) is 3.76. The van der Waals surface area contributed by atoms with Gasteiger partial charge in [-0.25, -0.2) is 14.6 Å². The van der Waals surface area contributed by atoms with Crippen LogP contribution in [-0.2, 0) is 6.54 Å². The SMILES string of the molecule is CCC(NC(=O)c1nc[nH]c1C)c1ncnn1CC. The van der Waals surface area contributed by atoms with Crippen LogP contribution in [0.1, 0.15) is 48.3 Å². The molecule has 2 rings (SSSR count). The highest BCUT2D eigenvalue weighted by Gasteiger charge is 2.20. The van der Waals surface area contributed by atoms with Gasteiger partial charge in [-0.05, 0) is 20.3 Å². The van der Waals surface area contributed by atoms with E-state index < -0.39 is 0 Å². The lowest BCUT2D eigenvalue weighted by atomic mass is 10.2. The van der Waals surface area contributed by atoms with Crippen LogP contribution >= 0.6 is 0 Å². The maximum atomic E-state index is 12.1. The van der Waals surface area contributed by atoms with Crippen molar-refractivity contribution in [2.75, 3.05) is 0 Å². The molecule has 0 aliphatic rings. The predicted octanol–water partition coefficient (Wildman–Crippen LogP) is 1.21. The quantitative estimate of drug-likeness (QED) is 0.847. The van der Waals surface area contributed by atoms with Crippen molar-refractivity contribution >= 4 is 5.91 Å². The Morgan fingerprint density at radius 1 is 1.47 bits per heavy atom. The molecule has 0 aromatic carbocycles. The van der Waals surface area contributed by atoms with Crippen LogP contribution in [-0.4, -0.2) is 30.6 Å². The van der Waals surface area contributed by atoms with Crippen LogP contribution in [0.3, 0.4) is 0 Å². The maximum Gasteiger partial charge on any atom is 0.272 e. The second-order valence-corrected chi connectivity index (χ2v) is 4.24. The minimum absolute atomic E-state index is 0.161. The molecule has 0 saturated heterocycles. The largest absolute Gasteiger partial charge is 0.348 e. The molecule has 7 nitrogen and oxygen atoms in total. The fourth-order valence-electron chi connectivity index (χ4n) is 1.95. The second kappa shape index (κ2) is 5.64. The first-order chi connectivity index (χ1) is 9.17. The van der Waals surface area contributed by atoms with Gasteiger partial charge in [0, 0.05) is 12.2 Å². The molecule has 102 valence electrons. The van der Waals surface area contributed by atoms with Crippen LogP contribution in [0.25, 0.3) is 0 Å². The Hall–Kier alpha value is -2.18. The van der Waals surface area contributed by atoms with E-state index in [0.717, 1.165) is 24.5 Å². The minimum atomic E-state index is -0.198. The summed E-state index contributed by atoms with van der Waals surface area (Å²) in [5.41, 5.74) is 1.17. The third-order valence-electron chi connectivity index (χ3n) is 3.02. The summed E-state index contributed by atoms with van der Waals surface area (Å²) >= 11 is 0. The number of nitrogens with one attached hydrogen (secondary N) is 2. The van der Waals surface area contributed by atoms with Gasteiger partial charge in [0.1, 0.15) is 17.8 Å². The van der Waals surface area contributed by atoms with E-state index in [1.54, 1.807) is 4.68 Å². The third kappa shape index (κ3) is 2.64. The van der Waals surface area contributed by atoms with Crippen molar-refractivity contribution in [3.8, 4) is 0 Å². The smallest absolute Gasteiger partial charge is 0.272 e. The van der Waals surface area contributed by atoms with Crippen molar-refractivity contribution in [1.82, 2.24) is 30.0 Å². The van der Waals surface area contributed by atoms with Crippen LogP contribution in [0, 0.1) is 6.92 Å². The lowest BCUT2D eigenvalue weighted by Gasteiger charge is -2.16. The third-order valence-corrected chi connectivity index (χ3v) is 3.02. The highest BCUT2D eigenvalue weighted by atomic mass is 16.2. The van der Waals surface area contributed by atoms with E-state index >= 15 is 0 Å². The van der Waals surface area contributed by atoms with Gasteiger partial charge in [0.05, 0.1) is 12.4 Å². The predicted molar refractivity (Wildman–Crippen MR) is 69.5 cm³/mol. The number of aromatic nitrogens is 5. The zero-order valence-corrected chi connectivity index (χ0v) is 11.3. The Morgan fingerprint density at radius 3 is 2.84 bits per heavy atom. The van der Waals surface area contributed by atoms with Crippen LogP contribution in [0.4, 0.5) is 0 Å². The molecular formula is C12H18N6O. The Kier molecular flexibility index (Phi) is 3.94. The molecule has 0 bridgehead atoms. The summed E-state index contributed by atoms with van der Waals surface area (Å²) in [4.78, 5) is 23.3. The maximum absolute atomic E-state index is 12.1. The van der Waals surface area contributed by atoms with E-state index in [2.05, 4.69) is 25.4 Å². The molecule has 7 heteroatoms. The Balaban J connectivity index is 2.16. The topological polar surface area (TPSA) is 88.5 Å². The summed E-state index contributed by atoms with van der Waals surface area (Å²) < 4.78 is 1.78. The summed E-state index contributed by atoms with van der Waals surface area (Å²) in [7, 11) is 0. The molecule has 19 heavy (non-hydrogen) atoms. The van der Waals surface area contributed by atoms with Crippen molar-refractivity contribution in [2.45, 2.75) is 39.8 Å². The van der Waals surface area contributed by atoms with E-state index in [9.17, 15) is 4.79 Å². The molecule has 0 saturated carbocycles. The van der Waals surface area contributed by atoms with Gasteiger partial charge < -0.3 is 10.3 Å². The molecule has 2 N–H and O–H groups in total. The first-order valence-corrected chi connectivity index (χ1v) is 6.35. The van der Waals surface area contributed by atoms with Crippen molar-refractivity contribution in [3.63, 3.8) is 0 Å². The molecular weight excluding hydrogens is 244 g/mol. The average molecular weight is 262 g/mol. The van der Waals surface area contributed by atoms with Gasteiger partial charge in [-0.2, -0.15) is 5.10 Å². The number of carbonyl (C=O) groups is 1. The summed E-state index contributed by atoms with van der Waals surface area (Å²) in [5.74, 6) is 0.572. The molecule has 0 radical (unpaired) electrons. The molecule has 0 aliphatic carbocycles. The van der Waals surface area contributed by atoms with Gasteiger partial charge in [0.25, 0.3) is 5.91 Å². The lowest BCUT2D eigenvalue weighted by Crippen LogP contribution is -2.31. The lowest BCUT2D eigenvalue weighted by molar-refractivity contribution is 0.0927. The monoisotopic (exact) mass is 262 g/mol. The normalized spacial score (nSPS) is 12.4. The Bertz CT molecular complexity index is 558. The fraction of sp³-hybridized carbons (Fsp3) is 0.500. The van der Waals surface area contributed by atoms with E-state index in [1.165, 1.54) is 12.7 Å². The Labute approximate surface area is 111 Å². The van der Waals surface area contributed by atoms with E-state index in [1.807, 2.05) is 20.8 Å². The van der Waals surface area contributed by atoms with Crippen LogP contribution in [0.5, 0.6) is 0 Å². The number of rotatable bonds is 5. The number of aryl methyl sites for hydroxylation is 2. The number of carbonyl (C=O) groups excluding carboxylic acids is 1.